The number of unbranched alkanes of at least 4 members (excludes halogenated alkanes) is 18. The van der Waals surface area contributed by atoms with E-state index < -0.39 is 6.16 Å². The van der Waals surface area contributed by atoms with E-state index in [1.807, 2.05) is 0 Å². The summed E-state index contributed by atoms with van der Waals surface area (Å²) in [4.78, 5) is 29.8. The zero-order chi connectivity index (χ0) is 38.3. The molecule has 0 radical (unpaired) electrons. The summed E-state index contributed by atoms with van der Waals surface area (Å²) in [5.41, 5.74) is 0. The van der Waals surface area contributed by atoms with Crippen LogP contribution in [0, 0.1) is 5.92 Å². The summed E-state index contributed by atoms with van der Waals surface area (Å²) in [5.74, 6) is 0.535. The van der Waals surface area contributed by atoms with Gasteiger partial charge in [0.25, 0.3) is 0 Å². The monoisotopic (exact) mass is 739 g/mol. The Morgan fingerprint density at radius 3 is 1.44 bits per heavy atom. The van der Waals surface area contributed by atoms with Crippen molar-refractivity contribution in [1.29, 1.82) is 0 Å². The van der Waals surface area contributed by atoms with Crippen LogP contribution in [-0.2, 0) is 19.0 Å². The van der Waals surface area contributed by atoms with Gasteiger partial charge in [-0.3, -0.25) is 9.69 Å². The van der Waals surface area contributed by atoms with Gasteiger partial charge in [-0.1, -0.05) is 164 Å². The minimum Gasteiger partial charge on any atom is -0.465 e. The van der Waals surface area contributed by atoms with Gasteiger partial charge in [0.1, 0.15) is 12.7 Å². The highest BCUT2D eigenvalue weighted by Crippen LogP contribution is 2.20. The van der Waals surface area contributed by atoms with Crippen molar-refractivity contribution in [2.45, 2.75) is 221 Å². The van der Waals surface area contributed by atoms with Gasteiger partial charge >= 0.3 is 12.1 Å². The van der Waals surface area contributed by atoms with Crippen LogP contribution in [0.5, 0.6) is 0 Å². The molecule has 0 fully saturated rings. The van der Waals surface area contributed by atoms with Crippen LogP contribution < -0.4 is 0 Å². The fourth-order valence-electron chi connectivity index (χ4n) is 7.10. The van der Waals surface area contributed by atoms with Gasteiger partial charge < -0.3 is 19.1 Å². The summed E-state index contributed by atoms with van der Waals surface area (Å²) in [6.45, 7) is 20.2. The van der Waals surface area contributed by atoms with Crippen molar-refractivity contribution < 1.29 is 23.8 Å². The first-order valence-electron chi connectivity index (χ1n) is 22.9. The van der Waals surface area contributed by atoms with E-state index in [-0.39, 0.29) is 12.1 Å². The highest BCUT2D eigenvalue weighted by molar-refractivity contribution is 5.69. The molecule has 0 saturated carbocycles. The number of esters is 1. The van der Waals surface area contributed by atoms with Crippen LogP contribution in [0.15, 0.2) is 0 Å². The van der Waals surface area contributed by atoms with Crippen molar-refractivity contribution >= 4 is 12.1 Å². The van der Waals surface area contributed by atoms with Gasteiger partial charge in [0.15, 0.2) is 0 Å². The van der Waals surface area contributed by atoms with Crippen LogP contribution in [0.4, 0.5) is 4.79 Å². The molecule has 0 rings (SSSR count). The molecule has 0 saturated heterocycles. The Bertz CT molecular complexity index is 762. The van der Waals surface area contributed by atoms with E-state index in [2.05, 4.69) is 51.3 Å². The van der Waals surface area contributed by atoms with Crippen molar-refractivity contribution in [1.82, 2.24) is 9.80 Å². The standard InChI is InChI=1S/C45H90N2O5/c1-7-13-16-18-19-22-25-29-34-43(52-45(49)50-40-39-47(12-6)38-37-46(10-4)11-5)35-30-26-23-20-21-24-27-31-36-44(48)51-41-42(32-15-9-3)33-28-17-14-8-2/h42-43H,7-41H2,1-6H3. The number of carbonyl (C=O) groups is 2. The number of hydrogen-bond acceptors (Lipinski definition) is 7. The number of likely N-dealkylation sites (N-methyl/N-ethyl adjacent to an activating group) is 2. The fraction of sp³-hybridized carbons (Fsp3) is 0.956. The number of rotatable bonds is 40. The van der Waals surface area contributed by atoms with Crippen molar-refractivity contribution in [3.05, 3.63) is 0 Å². The van der Waals surface area contributed by atoms with Gasteiger partial charge in [0, 0.05) is 26.1 Å². The normalized spacial score (nSPS) is 12.8. The molecule has 0 aliphatic carbocycles. The topological polar surface area (TPSA) is 68.3 Å². The maximum absolute atomic E-state index is 12.7. The zero-order valence-electron chi connectivity index (χ0n) is 35.8. The average Bonchev–Trinajstić information content (AvgIpc) is 3.15. The molecule has 0 spiro atoms. The molecule has 0 heterocycles. The molecule has 310 valence electrons. The van der Waals surface area contributed by atoms with E-state index in [9.17, 15) is 9.59 Å². The Balaban J connectivity index is 4.32. The van der Waals surface area contributed by atoms with E-state index in [1.54, 1.807) is 0 Å². The minimum absolute atomic E-state index is 0.00325. The fourth-order valence-corrected chi connectivity index (χ4v) is 7.10. The summed E-state index contributed by atoms with van der Waals surface area (Å²) in [5, 5.41) is 0. The molecule has 0 aromatic carbocycles. The van der Waals surface area contributed by atoms with E-state index in [4.69, 9.17) is 14.2 Å². The second kappa shape index (κ2) is 39.4. The van der Waals surface area contributed by atoms with Crippen LogP contribution in [0.25, 0.3) is 0 Å². The van der Waals surface area contributed by atoms with Crippen molar-refractivity contribution in [2.75, 3.05) is 52.5 Å². The largest absolute Gasteiger partial charge is 0.508 e. The Kier molecular flexibility index (Phi) is 38.3. The van der Waals surface area contributed by atoms with Crippen molar-refractivity contribution in [2.24, 2.45) is 5.92 Å². The Labute approximate surface area is 324 Å². The molecule has 0 aromatic heterocycles. The third kappa shape index (κ3) is 33.2. The summed E-state index contributed by atoms with van der Waals surface area (Å²) in [7, 11) is 0. The average molecular weight is 739 g/mol. The molecule has 0 bridgehead atoms. The van der Waals surface area contributed by atoms with Gasteiger partial charge in [-0.2, -0.15) is 0 Å². The Morgan fingerprint density at radius 2 is 0.904 bits per heavy atom. The molecule has 7 heteroatoms. The van der Waals surface area contributed by atoms with Gasteiger partial charge in [0.05, 0.1) is 6.61 Å². The number of ether oxygens (including phenoxy) is 3. The number of nitrogens with zero attached hydrogens (tertiary/aromatic N) is 2. The van der Waals surface area contributed by atoms with Crippen molar-refractivity contribution in [3.63, 3.8) is 0 Å². The second-order valence-electron chi connectivity index (χ2n) is 15.5. The highest BCUT2D eigenvalue weighted by Gasteiger charge is 2.16. The van der Waals surface area contributed by atoms with E-state index in [0.29, 0.717) is 25.6 Å². The lowest BCUT2D eigenvalue weighted by molar-refractivity contribution is -0.145. The van der Waals surface area contributed by atoms with Crippen LogP contribution in [0.2, 0.25) is 0 Å². The highest BCUT2D eigenvalue weighted by atomic mass is 16.7. The molecule has 0 N–H and O–H groups in total. The van der Waals surface area contributed by atoms with E-state index >= 15 is 0 Å². The lowest BCUT2D eigenvalue weighted by atomic mass is 9.96. The molecule has 0 amide bonds. The number of hydrogen-bond donors (Lipinski definition) is 0. The van der Waals surface area contributed by atoms with Crippen molar-refractivity contribution in [3.8, 4) is 0 Å². The molecule has 0 aromatic rings. The second-order valence-corrected chi connectivity index (χ2v) is 15.5. The molecule has 2 atom stereocenters. The lowest BCUT2D eigenvalue weighted by Gasteiger charge is -2.25. The predicted molar refractivity (Wildman–Crippen MR) is 222 cm³/mol. The third-order valence-electron chi connectivity index (χ3n) is 10.9. The first kappa shape index (κ1) is 50.7. The molecule has 0 aliphatic rings. The van der Waals surface area contributed by atoms with E-state index in [1.165, 1.54) is 128 Å². The Hall–Kier alpha value is -1.34. The van der Waals surface area contributed by atoms with Crippen LogP contribution in [0.3, 0.4) is 0 Å². The first-order valence-corrected chi connectivity index (χ1v) is 22.9. The van der Waals surface area contributed by atoms with Gasteiger partial charge in [-0.25, -0.2) is 4.79 Å². The zero-order valence-corrected chi connectivity index (χ0v) is 35.8. The molecular formula is C45H90N2O5. The summed E-state index contributed by atoms with van der Waals surface area (Å²) in [6.07, 6.45) is 31.3. The molecule has 52 heavy (non-hydrogen) atoms. The van der Waals surface area contributed by atoms with Crippen LogP contribution in [-0.4, -0.2) is 80.5 Å². The summed E-state index contributed by atoms with van der Waals surface area (Å²) < 4.78 is 17.2. The minimum atomic E-state index is -0.494. The first-order chi connectivity index (χ1) is 25.4. The Morgan fingerprint density at radius 1 is 0.462 bits per heavy atom. The maximum Gasteiger partial charge on any atom is 0.508 e. The molecule has 0 aliphatic heterocycles. The molecular weight excluding hydrogens is 649 g/mol. The maximum atomic E-state index is 12.7. The SMILES string of the molecule is CCCCCCCCCCC(CCCCCCCCCCC(=O)OCC(CCCC)CCCCCC)OC(=O)OCCN(CC)CCN(CC)CC. The number of carbonyl (C=O) groups excluding carboxylic acids is 2. The molecule has 7 nitrogen and oxygen atoms in total. The lowest BCUT2D eigenvalue weighted by Crippen LogP contribution is -2.37. The summed E-state index contributed by atoms with van der Waals surface area (Å²) >= 11 is 0. The van der Waals surface area contributed by atoms with Gasteiger partial charge in [0.2, 0.25) is 0 Å². The third-order valence-corrected chi connectivity index (χ3v) is 10.9. The van der Waals surface area contributed by atoms with Gasteiger partial charge in [-0.15, -0.1) is 0 Å². The van der Waals surface area contributed by atoms with Gasteiger partial charge in [-0.05, 0) is 70.5 Å². The summed E-state index contributed by atoms with van der Waals surface area (Å²) in [6, 6.07) is 0. The molecule has 2 unspecified atom stereocenters. The van der Waals surface area contributed by atoms with Crippen LogP contribution >= 0.6 is 0 Å². The smallest absolute Gasteiger partial charge is 0.465 e. The quantitative estimate of drug-likeness (QED) is 0.0458. The predicted octanol–water partition coefficient (Wildman–Crippen LogP) is 12.9. The van der Waals surface area contributed by atoms with E-state index in [0.717, 1.165) is 77.8 Å². The van der Waals surface area contributed by atoms with Crippen LogP contribution in [0.1, 0.15) is 215 Å².